The Bertz CT molecular complexity index is 1910. The van der Waals surface area contributed by atoms with Crippen LogP contribution in [0.3, 0.4) is 0 Å². The van der Waals surface area contributed by atoms with E-state index in [4.69, 9.17) is 9.47 Å². The fraction of sp³-hybridized carbons (Fsp3) is 0.673. The van der Waals surface area contributed by atoms with Crippen LogP contribution in [-0.4, -0.2) is 156 Å². The Morgan fingerprint density at radius 1 is 0.866 bits per heavy atom. The molecule has 0 aromatic heterocycles. The molecule has 1 saturated heterocycles. The van der Waals surface area contributed by atoms with Gasteiger partial charge in [-0.25, -0.2) is 9.18 Å². The average molecular weight is 943 g/mol. The Balaban J connectivity index is 1.72. The first-order valence-corrected chi connectivity index (χ1v) is 23.6. The molecule has 17 nitrogen and oxygen atoms in total. The number of methoxy groups -OCH3 is 2. The highest BCUT2D eigenvalue weighted by atomic mass is 19.1. The van der Waals surface area contributed by atoms with Gasteiger partial charge in [0.1, 0.15) is 23.9 Å². The molecule has 0 unspecified atom stereocenters. The summed E-state index contributed by atoms with van der Waals surface area (Å²) in [7, 11) is 6.11. The summed E-state index contributed by atoms with van der Waals surface area (Å²) in [5.74, 6) is -6.36. The second-order valence-electron chi connectivity index (χ2n) is 18.7. The van der Waals surface area contributed by atoms with Gasteiger partial charge in [0, 0.05) is 66.4 Å². The number of carbonyl (C=O) groups is 8. The van der Waals surface area contributed by atoms with Crippen molar-refractivity contribution >= 4 is 47.3 Å². The van der Waals surface area contributed by atoms with E-state index in [2.05, 4.69) is 10.6 Å². The van der Waals surface area contributed by atoms with Crippen LogP contribution in [0.15, 0.2) is 36.4 Å². The smallest absolute Gasteiger partial charge is 0.326 e. The minimum Gasteiger partial charge on any atom is -0.480 e. The van der Waals surface area contributed by atoms with Gasteiger partial charge in [0.05, 0.1) is 36.6 Å². The molecule has 3 rings (SSSR count). The maximum atomic E-state index is 14.6. The van der Waals surface area contributed by atoms with E-state index in [1.165, 1.54) is 49.5 Å². The van der Waals surface area contributed by atoms with Gasteiger partial charge in [-0.15, -0.1) is 0 Å². The van der Waals surface area contributed by atoms with Crippen molar-refractivity contribution in [2.24, 2.45) is 23.7 Å². The van der Waals surface area contributed by atoms with Gasteiger partial charge in [0.2, 0.25) is 29.5 Å². The van der Waals surface area contributed by atoms with Crippen molar-refractivity contribution in [2.75, 3.05) is 41.4 Å². The zero-order valence-electron chi connectivity index (χ0n) is 41.3. The summed E-state index contributed by atoms with van der Waals surface area (Å²) in [6.07, 6.45) is 4.04. The van der Waals surface area contributed by atoms with Crippen LogP contribution < -0.4 is 10.6 Å². The Labute approximate surface area is 395 Å². The first-order valence-electron chi connectivity index (χ1n) is 23.6. The number of carbonyl (C=O) groups excluding carboxylic acids is 7. The number of aliphatic carboxylic acids is 1. The van der Waals surface area contributed by atoms with E-state index < -0.39 is 77.8 Å². The normalized spacial score (nSPS) is 18.6. The lowest BCUT2D eigenvalue weighted by Gasteiger charge is -2.41. The molecule has 18 heteroatoms. The lowest BCUT2D eigenvalue weighted by molar-refractivity contribution is -0.149. The van der Waals surface area contributed by atoms with E-state index in [-0.39, 0.29) is 72.8 Å². The standard InChI is InChI=1S/C49H75FN6O11/c1-12-31(6)44(54(9)48(63)42(29(2)3)52-47(62)43(30(4)5)53(8)38(57)22-14-13-17-25-56-39(58)23-24-40(56)59)37(66-10)28-41(60)55-26-18-21-36(55)45(67-11)32(7)46(61)51-35(49(64)65)27-33-19-15-16-20-34(33)50/h15-16,19-20,23-24,29-32,35-37,42-45H,12-14,17-18,21-22,25-28H2,1-11H3,(H,51,61)(H,52,62)(H,64,65)/t31-,32+,35-,36-,37+,42-,43+,44+,45+/m0/s1. The summed E-state index contributed by atoms with van der Waals surface area (Å²) in [4.78, 5) is 111. The second-order valence-corrected chi connectivity index (χ2v) is 18.7. The van der Waals surface area contributed by atoms with Crippen molar-refractivity contribution in [3.05, 3.63) is 47.8 Å². The van der Waals surface area contributed by atoms with E-state index in [1.54, 1.807) is 36.9 Å². The third-order valence-electron chi connectivity index (χ3n) is 13.4. The molecule has 0 saturated carbocycles. The van der Waals surface area contributed by atoms with E-state index in [9.17, 15) is 47.9 Å². The number of nitrogens with one attached hydrogen (secondary N) is 2. The molecular formula is C49H75FN6O11. The van der Waals surface area contributed by atoms with Gasteiger partial charge in [-0.05, 0) is 55.1 Å². The zero-order chi connectivity index (χ0) is 50.3. The molecule has 0 bridgehead atoms. The maximum absolute atomic E-state index is 14.6. The number of nitrogens with zero attached hydrogens (tertiary/aromatic N) is 4. The lowest BCUT2D eigenvalue weighted by Crippen LogP contribution is -2.60. The van der Waals surface area contributed by atoms with Gasteiger partial charge >= 0.3 is 5.97 Å². The minimum atomic E-state index is -1.41. The lowest BCUT2D eigenvalue weighted by atomic mass is 9.89. The topological polar surface area (TPSA) is 212 Å². The quantitative estimate of drug-likeness (QED) is 0.0849. The maximum Gasteiger partial charge on any atom is 0.326 e. The number of hydrogen-bond donors (Lipinski definition) is 3. The molecule has 1 aromatic rings. The molecule has 0 spiro atoms. The number of amides is 7. The summed E-state index contributed by atoms with van der Waals surface area (Å²) in [5, 5.41) is 15.4. The van der Waals surface area contributed by atoms with Gasteiger partial charge in [-0.2, -0.15) is 0 Å². The van der Waals surface area contributed by atoms with Crippen LogP contribution in [0.2, 0.25) is 0 Å². The monoisotopic (exact) mass is 943 g/mol. The Kier molecular flexibility index (Phi) is 22.1. The molecule has 2 aliphatic heterocycles. The highest BCUT2D eigenvalue weighted by Crippen LogP contribution is 2.30. The fourth-order valence-electron chi connectivity index (χ4n) is 9.30. The Morgan fingerprint density at radius 3 is 2.06 bits per heavy atom. The first kappa shape index (κ1) is 56.1. The number of ether oxygens (including phenoxy) is 2. The van der Waals surface area contributed by atoms with Crippen molar-refractivity contribution in [3.63, 3.8) is 0 Å². The summed E-state index contributed by atoms with van der Waals surface area (Å²) in [6, 6.07) is 1.32. The van der Waals surface area contributed by atoms with Crippen molar-refractivity contribution in [1.29, 1.82) is 0 Å². The molecular weight excluding hydrogens is 868 g/mol. The molecule has 2 heterocycles. The first-order chi connectivity index (χ1) is 31.6. The molecule has 7 amide bonds. The van der Waals surface area contributed by atoms with Crippen LogP contribution in [0.4, 0.5) is 4.39 Å². The zero-order valence-corrected chi connectivity index (χ0v) is 41.3. The van der Waals surface area contributed by atoms with Crippen LogP contribution >= 0.6 is 0 Å². The van der Waals surface area contributed by atoms with Gasteiger partial charge in [-0.1, -0.05) is 79.5 Å². The van der Waals surface area contributed by atoms with Crippen LogP contribution in [0, 0.1) is 29.5 Å². The number of rotatable bonds is 27. The number of carboxylic acid groups (broad SMARTS) is 1. The highest BCUT2D eigenvalue weighted by Gasteiger charge is 2.44. The second kappa shape index (κ2) is 26.3. The highest BCUT2D eigenvalue weighted by molar-refractivity contribution is 6.12. The van der Waals surface area contributed by atoms with Crippen molar-refractivity contribution < 1.29 is 57.3 Å². The van der Waals surface area contributed by atoms with Crippen LogP contribution in [0.1, 0.15) is 105 Å². The summed E-state index contributed by atoms with van der Waals surface area (Å²) >= 11 is 0. The summed E-state index contributed by atoms with van der Waals surface area (Å²) in [6.45, 7) is 13.4. The molecule has 0 radical (unpaired) electrons. The van der Waals surface area contributed by atoms with Gasteiger partial charge < -0.3 is 39.9 Å². The SMILES string of the molecule is CC[C@H](C)[C@H]([C@@H](CC(=O)N1CCC[C@H]1[C@H](OC)[C@@H](C)C(=O)N[C@@H](Cc1ccccc1F)C(=O)O)OC)N(C)C(=O)[C@@H](NC(=O)[C@@H](C(C)C)N(C)C(=O)CCCCCN1C(=O)C=CC1=O)C(C)C. The largest absolute Gasteiger partial charge is 0.480 e. The molecule has 67 heavy (non-hydrogen) atoms. The van der Waals surface area contributed by atoms with Gasteiger partial charge in [0.15, 0.2) is 0 Å². The third kappa shape index (κ3) is 14.9. The predicted octanol–water partition coefficient (Wildman–Crippen LogP) is 3.97. The number of imide groups is 1. The average Bonchev–Trinajstić information content (AvgIpc) is 3.90. The number of hydrogen-bond acceptors (Lipinski definition) is 10. The van der Waals surface area contributed by atoms with E-state index >= 15 is 0 Å². The molecule has 2 aliphatic rings. The predicted molar refractivity (Wildman–Crippen MR) is 248 cm³/mol. The van der Waals surface area contributed by atoms with E-state index in [0.29, 0.717) is 45.1 Å². The molecule has 9 atom stereocenters. The van der Waals surface area contributed by atoms with Crippen molar-refractivity contribution in [3.8, 4) is 0 Å². The minimum absolute atomic E-state index is 0.118. The molecule has 3 N–H and O–H groups in total. The number of halogens is 1. The number of unbranched alkanes of at least 4 members (excludes halogenated alkanes) is 2. The van der Waals surface area contributed by atoms with Gasteiger partial charge in [-0.3, -0.25) is 38.5 Å². The molecule has 374 valence electrons. The third-order valence-corrected chi connectivity index (χ3v) is 13.4. The number of benzene rings is 1. The van der Waals surface area contributed by atoms with Crippen LogP contribution in [-0.2, 0) is 54.3 Å². The van der Waals surface area contributed by atoms with Crippen molar-refractivity contribution in [1.82, 2.24) is 30.2 Å². The number of likely N-dealkylation sites (N-methyl/N-ethyl adjacent to an activating group) is 2. The Hall–Kier alpha value is -5.23. The summed E-state index contributed by atoms with van der Waals surface area (Å²) < 4.78 is 26.3. The number of likely N-dealkylation sites (tertiary alicyclic amines) is 1. The van der Waals surface area contributed by atoms with Crippen LogP contribution in [0.25, 0.3) is 0 Å². The molecule has 0 aliphatic carbocycles. The fourth-order valence-corrected chi connectivity index (χ4v) is 9.30. The number of carboxylic acids is 1. The van der Waals surface area contributed by atoms with E-state index in [1.807, 2.05) is 41.5 Å². The van der Waals surface area contributed by atoms with Crippen molar-refractivity contribution in [2.45, 2.75) is 149 Å². The Morgan fingerprint density at radius 2 is 1.51 bits per heavy atom. The van der Waals surface area contributed by atoms with E-state index in [0.717, 1.165) is 4.90 Å². The summed E-state index contributed by atoms with van der Waals surface area (Å²) in [5.41, 5.74) is 0.142. The molecule has 1 fully saturated rings. The van der Waals surface area contributed by atoms with Gasteiger partial charge in [0.25, 0.3) is 11.8 Å². The van der Waals surface area contributed by atoms with Crippen LogP contribution in [0.5, 0.6) is 0 Å². The molecule has 1 aromatic carbocycles.